The van der Waals surface area contributed by atoms with Gasteiger partial charge in [0.05, 0.1) is 0 Å². The summed E-state index contributed by atoms with van der Waals surface area (Å²) in [6.45, 7) is 11.5. The maximum atomic E-state index is 3.72. The van der Waals surface area contributed by atoms with Gasteiger partial charge < -0.3 is 24.8 Å². The molecule has 4 aromatic rings. The van der Waals surface area contributed by atoms with Crippen LogP contribution in [0, 0.1) is 11.5 Å². The molecule has 1 atom stereocenters. The largest absolute Gasteiger partial charge is 3.00 e. The van der Waals surface area contributed by atoms with Gasteiger partial charge in [0, 0.05) is 15.4 Å². The summed E-state index contributed by atoms with van der Waals surface area (Å²) in [7, 11) is 0.750. The first kappa shape index (κ1) is 33.5. The van der Waals surface area contributed by atoms with Gasteiger partial charge in [0.25, 0.3) is 0 Å². The standard InChI is InChI=1S/C33H29.C2H7Si.2ClH.Zr/c1-33(2,3)21-24-20-30-25(22-11-5-4-6-12-22)15-9-17-28(30)32(24)29-18-10-16-27-26-14-8-7-13-23(26)19-31(27)29;1-3-2;;;/h4-17,20,32H,19,21H2,1-3H3;3H,1-2H3;2*1H;/q-1;;;;+3/p-2. The summed E-state index contributed by atoms with van der Waals surface area (Å²) >= 11 is 0. The van der Waals surface area contributed by atoms with Gasteiger partial charge >= 0.3 is 26.2 Å². The molecule has 39 heavy (non-hydrogen) atoms. The van der Waals surface area contributed by atoms with Gasteiger partial charge in [0.1, 0.15) is 0 Å². The van der Waals surface area contributed by atoms with E-state index in [4.69, 9.17) is 0 Å². The summed E-state index contributed by atoms with van der Waals surface area (Å²) in [4.78, 5) is 0. The second-order valence-corrected chi connectivity index (χ2v) is 12.4. The number of hydrogen-bond donors (Lipinski definition) is 0. The quantitative estimate of drug-likeness (QED) is 0.209. The summed E-state index contributed by atoms with van der Waals surface area (Å²) in [6, 6.07) is 34.7. The first-order chi connectivity index (χ1) is 17.4. The van der Waals surface area contributed by atoms with Crippen molar-refractivity contribution in [3.8, 4) is 22.3 Å². The maximum Gasteiger partial charge on any atom is 3.00 e. The van der Waals surface area contributed by atoms with Gasteiger partial charge in [0.15, 0.2) is 0 Å². The second-order valence-electron chi connectivity index (χ2n) is 11.3. The van der Waals surface area contributed by atoms with Crippen molar-refractivity contribution in [1.29, 1.82) is 0 Å². The molecule has 4 aromatic carbocycles. The summed E-state index contributed by atoms with van der Waals surface area (Å²) < 4.78 is 0. The first-order valence-corrected chi connectivity index (χ1v) is 15.5. The van der Waals surface area contributed by atoms with E-state index in [0.29, 0.717) is 0 Å². The molecule has 0 heterocycles. The minimum absolute atomic E-state index is 0. The molecular formula is C35H36Cl2SiZr. The van der Waals surface area contributed by atoms with Gasteiger partial charge in [-0.05, 0) is 51.6 Å². The molecule has 4 heteroatoms. The zero-order chi connectivity index (χ0) is 25.3. The minimum atomic E-state index is 0. The number of hydrogen-bond acceptors (Lipinski definition) is 0. The Labute approximate surface area is 269 Å². The Kier molecular flexibility index (Phi) is 12.3. The molecule has 0 aromatic heterocycles. The molecule has 0 aliphatic heterocycles. The Morgan fingerprint density at radius 1 is 0.795 bits per heavy atom. The van der Waals surface area contributed by atoms with Crippen molar-refractivity contribution in [2.75, 3.05) is 0 Å². The van der Waals surface area contributed by atoms with Crippen LogP contribution >= 0.6 is 0 Å². The molecule has 0 bridgehead atoms. The molecule has 198 valence electrons. The van der Waals surface area contributed by atoms with Crippen molar-refractivity contribution in [1.82, 2.24) is 0 Å². The molecule has 0 nitrogen and oxygen atoms in total. The molecule has 0 N–H and O–H groups in total. The van der Waals surface area contributed by atoms with Crippen LogP contribution in [0.3, 0.4) is 0 Å². The monoisotopic (exact) mass is 644 g/mol. The van der Waals surface area contributed by atoms with Crippen molar-refractivity contribution in [3.63, 3.8) is 0 Å². The smallest absolute Gasteiger partial charge is 1.00 e. The number of fused-ring (bicyclic) bond motifs is 4. The molecule has 0 spiro atoms. The molecule has 2 aliphatic rings. The fraction of sp³-hybridized carbons (Fsp3) is 0.257. The van der Waals surface area contributed by atoms with E-state index < -0.39 is 0 Å². The van der Waals surface area contributed by atoms with E-state index in [1.165, 1.54) is 55.6 Å². The van der Waals surface area contributed by atoms with Gasteiger partial charge in [-0.2, -0.15) is 18.2 Å². The van der Waals surface area contributed by atoms with Crippen LogP contribution in [0.5, 0.6) is 0 Å². The van der Waals surface area contributed by atoms with Gasteiger partial charge in [-0.1, -0.05) is 118 Å². The first-order valence-electron chi connectivity index (χ1n) is 13.2. The van der Waals surface area contributed by atoms with Crippen LogP contribution in [0.4, 0.5) is 0 Å². The molecule has 0 fully saturated rings. The van der Waals surface area contributed by atoms with E-state index in [-0.39, 0.29) is 62.4 Å². The number of benzene rings is 4. The fourth-order valence-corrected chi connectivity index (χ4v) is 5.82. The topological polar surface area (TPSA) is 0 Å². The average molecular weight is 647 g/mol. The molecule has 0 saturated heterocycles. The van der Waals surface area contributed by atoms with E-state index in [0.717, 1.165) is 22.4 Å². The Bertz CT molecular complexity index is 1420. The zero-order valence-electron chi connectivity index (χ0n) is 23.5. The summed E-state index contributed by atoms with van der Waals surface area (Å²) in [5.41, 5.74) is 14.2. The number of halogens is 2. The third kappa shape index (κ3) is 6.97. The van der Waals surface area contributed by atoms with Crippen LogP contribution in [-0.4, -0.2) is 9.52 Å². The van der Waals surface area contributed by atoms with Gasteiger partial charge in [-0.25, -0.2) is 0 Å². The Hall–Kier alpha value is -1.70. The van der Waals surface area contributed by atoms with Crippen molar-refractivity contribution in [3.05, 3.63) is 124 Å². The number of allylic oxidation sites excluding steroid dienone is 1. The summed E-state index contributed by atoms with van der Waals surface area (Å²) in [5.74, 6) is 0.271. The molecule has 0 amide bonds. The van der Waals surface area contributed by atoms with Crippen molar-refractivity contribution >= 4 is 15.6 Å². The van der Waals surface area contributed by atoms with Gasteiger partial charge in [0.2, 0.25) is 0 Å². The number of rotatable bonds is 3. The molecule has 0 saturated carbocycles. The van der Waals surface area contributed by atoms with E-state index in [1.807, 2.05) is 0 Å². The Morgan fingerprint density at radius 2 is 1.44 bits per heavy atom. The van der Waals surface area contributed by atoms with E-state index in [1.54, 1.807) is 0 Å². The fourth-order valence-electron chi connectivity index (χ4n) is 5.82. The third-order valence-corrected chi connectivity index (χ3v) is 7.07. The summed E-state index contributed by atoms with van der Waals surface area (Å²) in [5, 5.41) is 0. The van der Waals surface area contributed by atoms with Crippen molar-refractivity contribution < 1.29 is 51.0 Å². The van der Waals surface area contributed by atoms with Crippen LogP contribution in [0.15, 0.2) is 90.5 Å². The predicted octanol–water partition coefficient (Wildman–Crippen LogP) is 3.21. The third-order valence-electron chi connectivity index (χ3n) is 7.07. The van der Waals surface area contributed by atoms with Crippen LogP contribution in [-0.2, 0) is 32.6 Å². The van der Waals surface area contributed by atoms with Gasteiger partial charge in [-0.3, -0.25) is 0 Å². The summed E-state index contributed by atoms with van der Waals surface area (Å²) in [6.07, 6.45) is 4.57. The van der Waals surface area contributed by atoms with E-state index in [2.05, 4.69) is 131 Å². The molecule has 2 radical (unpaired) electrons. The SMILES string of the molecule is CC(C)(C)CC1=Cc2c(-c3ccccc3)cccc2C1c1[c-]ccc2c1Cc1ccccc1-2.C[SiH]C.[Cl-].[Cl-].[Zr+3]. The van der Waals surface area contributed by atoms with E-state index in [9.17, 15) is 0 Å². The predicted molar refractivity (Wildman–Crippen MR) is 158 cm³/mol. The van der Waals surface area contributed by atoms with Crippen LogP contribution < -0.4 is 24.8 Å². The Morgan fingerprint density at radius 3 is 2.13 bits per heavy atom. The Balaban J connectivity index is 0.000000852. The molecule has 1 unspecified atom stereocenters. The van der Waals surface area contributed by atoms with Crippen molar-refractivity contribution in [2.24, 2.45) is 5.41 Å². The molecule has 6 rings (SSSR count). The minimum Gasteiger partial charge on any atom is -1.00 e. The average Bonchev–Trinajstić information content (AvgIpc) is 3.42. The van der Waals surface area contributed by atoms with Gasteiger partial charge in [-0.15, -0.1) is 16.7 Å². The molecular weight excluding hydrogens is 611 g/mol. The second kappa shape index (κ2) is 14.3. The van der Waals surface area contributed by atoms with Crippen LogP contribution in [0.1, 0.15) is 60.9 Å². The maximum absolute atomic E-state index is 3.72. The van der Waals surface area contributed by atoms with Crippen LogP contribution in [0.25, 0.3) is 28.3 Å². The zero-order valence-corrected chi connectivity index (χ0v) is 28.6. The normalized spacial score (nSPS) is 14.2. The molecule has 2 aliphatic carbocycles. The van der Waals surface area contributed by atoms with Crippen molar-refractivity contribution in [2.45, 2.75) is 52.6 Å². The van der Waals surface area contributed by atoms with E-state index >= 15 is 0 Å². The van der Waals surface area contributed by atoms with Crippen LogP contribution in [0.2, 0.25) is 13.1 Å².